The fourth-order valence-corrected chi connectivity index (χ4v) is 2.74. The molecule has 6 heteroatoms. The van der Waals surface area contributed by atoms with E-state index in [9.17, 15) is 4.79 Å². The highest BCUT2D eigenvalue weighted by molar-refractivity contribution is 7.99. The number of hydrogen-bond acceptors (Lipinski definition) is 5. The second-order valence-electron chi connectivity index (χ2n) is 4.11. The summed E-state index contributed by atoms with van der Waals surface area (Å²) in [5, 5.41) is 3.98. The van der Waals surface area contributed by atoms with Gasteiger partial charge < -0.3 is 14.8 Å². The zero-order valence-corrected chi connectivity index (χ0v) is 13.4. The van der Waals surface area contributed by atoms with Crippen LogP contribution >= 0.6 is 23.4 Å². The quantitative estimate of drug-likeness (QED) is 0.431. The molecule has 1 aromatic carbocycles. The topological polar surface area (TPSA) is 47.6 Å². The van der Waals surface area contributed by atoms with Crippen molar-refractivity contribution in [2.24, 2.45) is 0 Å². The number of carbonyl (C=O) groups is 1. The van der Waals surface area contributed by atoms with Crippen LogP contribution in [0.3, 0.4) is 0 Å². The number of nitrogens with one attached hydrogen (secondary N) is 1. The molecule has 1 aromatic rings. The van der Waals surface area contributed by atoms with E-state index in [1.54, 1.807) is 18.9 Å². The molecule has 1 N–H and O–H groups in total. The van der Waals surface area contributed by atoms with E-state index in [1.807, 2.05) is 18.2 Å². The Balaban J connectivity index is 2.40. The summed E-state index contributed by atoms with van der Waals surface area (Å²) in [6, 6.07) is 5.96. The van der Waals surface area contributed by atoms with Gasteiger partial charge in [0.15, 0.2) is 0 Å². The Bertz CT molecular complexity index is 429. The third-order valence-electron chi connectivity index (χ3n) is 2.60. The summed E-state index contributed by atoms with van der Waals surface area (Å²) >= 11 is 7.79. The lowest BCUT2D eigenvalue weighted by molar-refractivity contribution is -0.140. The van der Waals surface area contributed by atoms with Gasteiger partial charge in [-0.2, -0.15) is 0 Å². The molecule has 0 spiro atoms. The molecule has 0 heterocycles. The molecule has 112 valence electrons. The summed E-state index contributed by atoms with van der Waals surface area (Å²) in [7, 11) is 3.07. The fraction of sp³-hybridized carbons (Fsp3) is 0.500. The Labute approximate surface area is 129 Å². The summed E-state index contributed by atoms with van der Waals surface area (Å²) in [4.78, 5) is 12.0. The number of carbonyl (C=O) groups excluding carboxylic acids is 1. The van der Waals surface area contributed by atoms with E-state index in [4.69, 9.17) is 16.3 Å². The normalized spacial score (nSPS) is 10.6. The number of methoxy groups -OCH3 is 2. The van der Waals surface area contributed by atoms with Crippen LogP contribution in [-0.4, -0.2) is 39.1 Å². The number of esters is 1. The van der Waals surface area contributed by atoms with Crippen LogP contribution in [0.1, 0.15) is 12.0 Å². The van der Waals surface area contributed by atoms with Gasteiger partial charge in [-0.05, 0) is 17.7 Å². The van der Waals surface area contributed by atoms with Gasteiger partial charge >= 0.3 is 5.97 Å². The van der Waals surface area contributed by atoms with E-state index in [0.717, 1.165) is 23.5 Å². The van der Waals surface area contributed by atoms with Gasteiger partial charge in [-0.25, -0.2) is 0 Å². The average Bonchev–Trinajstić information content (AvgIpc) is 2.45. The Morgan fingerprint density at radius 3 is 2.85 bits per heavy atom. The number of rotatable bonds is 9. The van der Waals surface area contributed by atoms with Gasteiger partial charge in [-0.15, -0.1) is 11.8 Å². The Kier molecular flexibility index (Phi) is 8.69. The third kappa shape index (κ3) is 6.61. The highest BCUT2D eigenvalue weighted by atomic mass is 35.5. The molecule has 4 nitrogen and oxygen atoms in total. The molecule has 0 bridgehead atoms. The van der Waals surface area contributed by atoms with Crippen LogP contribution in [0.15, 0.2) is 23.1 Å². The molecular weight excluding hydrogens is 298 g/mol. The smallest absolute Gasteiger partial charge is 0.306 e. The maximum absolute atomic E-state index is 11.0. The molecule has 0 aliphatic carbocycles. The molecule has 0 saturated carbocycles. The molecule has 0 aliphatic rings. The molecule has 0 aliphatic heterocycles. The monoisotopic (exact) mass is 317 g/mol. The van der Waals surface area contributed by atoms with E-state index in [2.05, 4.69) is 10.1 Å². The first-order valence-electron chi connectivity index (χ1n) is 6.35. The third-order valence-corrected chi connectivity index (χ3v) is 4.10. The maximum atomic E-state index is 11.0. The molecule has 0 unspecified atom stereocenters. The van der Waals surface area contributed by atoms with E-state index >= 15 is 0 Å². The first kappa shape index (κ1) is 17.3. The van der Waals surface area contributed by atoms with Crippen molar-refractivity contribution in [3.05, 3.63) is 28.8 Å². The maximum Gasteiger partial charge on any atom is 0.306 e. The molecule has 1 rings (SSSR count). The largest absolute Gasteiger partial charge is 0.469 e. The Morgan fingerprint density at radius 1 is 1.40 bits per heavy atom. The summed E-state index contributed by atoms with van der Waals surface area (Å²) < 4.78 is 9.56. The molecule has 0 saturated heterocycles. The number of benzene rings is 1. The number of ether oxygens (including phenoxy) is 2. The van der Waals surface area contributed by atoms with E-state index < -0.39 is 0 Å². The van der Waals surface area contributed by atoms with Crippen LogP contribution in [-0.2, 0) is 20.8 Å². The van der Waals surface area contributed by atoms with Gasteiger partial charge in [0, 0.05) is 30.8 Å². The van der Waals surface area contributed by atoms with Gasteiger partial charge in [-0.3, -0.25) is 4.79 Å². The lowest BCUT2D eigenvalue weighted by Gasteiger charge is -2.08. The minimum atomic E-state index is -0.201. The highest BCUT2D eigenvalue weighted by Gasteiger charge is 2.05. The van der Waals surface area contributed by atoms with Crippen LogP contribution in [0.5, 0.6) is 0 Å². The van der Waals surface area contributed by atoms with Crippen molar-refractivity contribution in [3.8, 4) is 0 Å². The first-order valence-corrected chi connectivity index (χ1v) is 7.71. The van der Waals surface area contributed by atoms with Crippen LogP contribution < -0.4 is 5.32 Å². The number of thioether (sulfide) groups is 1. The van der Waals surface area contributed by atoms with Crippen LogP contribution in [0.25, 0.3) is 0 Å². The van der Waals surface area contributed by atoms with Gasteiger partial charge in [0.2, 0.25) is 0 Å². The Morgan fingerprint density at radius 2 is 2.20 bits per heavy atom. The van der Waals surface area contributed by atoms with Crippen molar-refractivity contribution in [3.63, 3.8) is 0 Å². The zero-order chi connectivity index (χ0) is 14.8. The number of hydrogen-bond donors (Lipinski definition) is 1. The van der Waals surface area contributed by atoms with E-state index in [1.165, 1.54) is 7.11 Å². The van der Waals surface area contributed by atoms with Crippen molar-refractivity contribution < 1.29 is 14.3 Å². The van der Waals surface area contributed by atoms with Crippen LogP contribution in [0, 0.1) is 0 Å². The van der Waals surface area contributed by atoms with E-state index in [-0.39, 0.29) is 5.97 Å². The molecule has 0 radical (unpaired) electrons. The fourth-order valence-electron chi connectivity index (χ4n) is 1.52. The van der Waals surface area contributed by atoms with Crippen molar-refractivity contribution in [2.75, 3.05) is 33.1 Å². The summed E-state index contributed by atoms with van der Waals surface area (Å²) in [5.41, 5.74) is 1.13. The predicted molar refractivity (Wildman–Crippen MR) is 82.4 cm³/mol. The molecule has 0 atom stereocenters. The van der Waals surface area contributed by atoms with Crippen molar-refractivity contribution >= 4 is 29.3 Å². The summed E-state index contributed by atoms with van der Waals surface area (Å²) in [5.74, 6) is 0.463. The molecule has 20 heavy (non-hydrogen) atoms. The van der Waals surface area contributed by atoms with Crippen molar-refractivity contribution in [1.29, 1.82) is 0 Å². The zero-order valence-electron chi connectivity index (χ0n) is 11.8. The van der Waals surface area contributed by atoms with Crippen LogP contribution in [0.4, 0.5) is 0 Å². The summed E-state index contributed by atoms with van der Waals surface area (Å²) in [6.45, 7) is 2.26. The molecule has 0 fully saturated rings. The summed E-state index contributed by atoms with van der Waals surface area (Å²) in [6.07, 6.45) is 0.387. The lowest BCUT2D eigenvalue weighted by atomic mass is 10.2. The van der Waals surface area contributed by atoms with Gasteiger partial charge in [-0.1, -0.05) is 17.7 Å². The average molecular weight is 318 g/mol. The minimum Gasteiger partial charge on any atom is -0.469 e. The SMILES string of the molecule is COCCNCc1ccc(SCCC(=O)OC)c(Cl)c1. The standard InChI is InChI=1S/C14H20ClNO3S/c1-18-7-6-16-10-11-3-4-13(12(15)9-11)20-8-5-14(17)19-2/h3-4,9,16H,5-8,10H2,1-2H3. The lowest BCUT2D eigenvalue weighted by Crippen LogP contribution is -2.18. The minimum absolute atomic E-state index is 0.201. The molecule has 0 aromatic heterocycles. The van der Waals surface area contributed by atoms with E-state index in [0.29, 0.717) is 23.8 Å². The van der Waals surface area contributed by atoms with Gasteiger partial charge in [0.05, 0.1) is 25.2 Å². The van der Waals surface area contributed by atoms with Crippen molar-refractivity contribution in [2.45, 2.75) is 17.9 Å². The number of halogens is 1. The molecular formula is C14H20ClNO3S. The first-order chi connectivity index (χ1) is 9.67. The predicted octanol–water partition coefficient (Wildman–Crippen LogP) is 2.73. The van der Waals surface area contributed by atoms with Gasteiger partial charge in [0.1, 0.15) is 0 Å². The second-order valence-corrected chi connectivity index (χ2v) is 5.65. The molecule has 0 amide bonds. The van der Waals surface area contributed by atoms with Crippen molar-refractivity contribution in [1.82, 2.24) is 5.32 Å². The Hall–Kier alpha value is -0.750. The highest BCUT2D eigenvalue weighted by Crippen LogP contribution is 2.28. The van der Waals surface area contributed by atoms with Crippen LogP contribution in [0.2, 0.25) is 5.02 Å². The van der Waals surface area contributed by atoms with Gasteiger partial charge in [0.25, 0.3) is 0 Å². The second kappa shape index (κ2) is 10.0.